The van der Waals surface area contributed by atoms with Crippen molar-refractivity contribution in [2.75, 3.05) is 0 Å². The van der Waals surface area contributed by atoms with Gasteiger partial charge in [0.2, 0.25) is 0 Å². The first kappa shape index (κ1) is 33.7. The summed E-state index contributed by atoms with van der Waals surface area (Å²) in [6, 6.07) is 58.4. The molecule has 11 rings (SSSR count). The van der Waals surface area contributed by atoms with Crippen LogP contribution in [0.4, 0.5) is 0 Å². The van der Waals surface area contributed by atoms with Gasteiger partial charge in [0, 0.05) is 63.0 Å². The van der Waals surface area contributed by atoms with Gasteiger partial charge >= 0.3 is 0 Å². The minimum absolute atomic E-state index is 0.565. The minimum Gasteiger partial charge on any atom is -0.226 e. The number of rotatable bonds is 6. The van der Waals surface area contributed by atoms with Crippen molar-refractivity contribution < 1.29 is 0 Å². The third-order valence-corrected chi connectivity index (χ3v) is 13.1. The van der Waals surface area contributed by atoms with E-state index in [1.165, 1.54) is 9.40 Å². The zero-order valence-corrected chi connectivity index (χ0v) is 32.7. The SMILES string of the molecule is Sc1c(-c2ccccc2)cccc1-c1nc(-c2ccccc2)nc(-c2ccc3sc4cccc(-c5nc(-c6ccccc6)c6sc7ccccc7c6n5)c4c3c2)n1. The number of nitrogens with zero attached hydrogens (tertiary/aromatic N) is 5. The molecule has 0 spiro atoms. The summed E-state index contributed by atoms with van der Waals surface area (Å²) in [7, 11) is 0. The van der Waals surface area contributed by atoms with E-state index in [1.807, 2.05) is 66.7 Å². The Morgan fingerprint density at radius 3 is 1.74 bits per heavy atom. The molecule has 0 atom stereocenters. The third-order valence-electron chi connectivity index (χ3n) is 10.3. The maximum atomic E-state index is 5.35. The monoisotopic (exact) mass is 783 g/mol. The van der Waals surface area contributed by atoms with Crippen LogP contribution in [0.2, 0.25) is 0 Å². The molecule has 0 fully saturated rings. The molecule has 0 bridgehead atoms. The van der Waals surface area contributed by atoms with E-state index in [4.69, 9.17) is 37.5 Å². The maximum absolute atomic E-state index is 5.35. The van der Waals surface area contributed by atoms with Gasteiger partial charge in [0.25, 0.3) is 0 Å². The predicted octanol–water partition coefficient (Wildman–Crippen LogP) is 13.7. The lowest BCUT2D eigenvalue weighted by Crippen LogP contribution is -2.01. The number of aromatic nitrogens is 5. The van der Waals surface area contributed by atoms with Crippen molar-refractivity contribution in [2.45, 2.75) is 4.90 Å². The van der Waals surface area contributed by atoms with Crippen LogP contribution >= 0.6 is 35.3 Å². The zero-order chi connectivity index (χ0) is 37.9. The smallest absolute Gasteiger partial charge is 0.165 e. The molecule has 0 N–H and O–H groups in total. The standard InChI is InChI=1S/C49H29N5S3/c55-44-33(29-14-4-1-5-15-29)21-12-23-36(44)49-53-46(31-18-8-3-9-19-31)52-47(54-49)32-26-27-39-37(28-32)41-35(22-13-25-40(41)56-39)48-50-42(30-16-6-2-7-17-30)45-43(51-48)34-20-10-11-24-38(34)57-45/h1-28,55H. The topological polar surface area (TPSA) is 64.5 Å². The van der Waals surface area contributed by atoms with Gasteiger partial charge in [0.15, 0.2) is 23.3 Å². The van der Waals surface area contributed by atoms with Crippen LogP contribution < -0.4 is 0 Å². The van der Waals surface area contributed by atoms with Gasteiger partial charge in [-0.1, -0.05) is 140 Å². The largest absolute Gasteiger partial charge is 0.226 e. The average molecular weight is 784 g/mol. The molecule has 0 aliphatic rings. The molecule has 0 aliphatic carbocycles. The van der Waals surface area contributed by atoms with E-state index in [1.54, 1.807) is 22.7 Å². The predicted molar refractivity (Wildman–Crippen MR) is 241 cm³/mol. The summed E-state index contributed by atoms with van der Waals surface area (Å²) in [6.45, 7) is 0. The first-order valence-electron chi connectivity index (χ1n) is 18.6. The highest BCUT2D eigenvalue weighted by Crippen LogP contribution is 2.44. The van der Waals surface area contributed by atoms with Gasteiger partial charge in [-0.2, -0.15) is 0 Å². The number of hydrogen-bond donors (Lipinski definition) is 1. The Morgan fingerprint density at radius 2 is 0.947 bits per heavy atom. The molecule has 57 heavy (non-hydrogen) atoms. The molecule has 0 saturated heterocycles. The van der Waals surface area contributed by atoms with Crippen LogP contribution in [0.15, 0.2) is 175 Å². The number of fused-ring (bicyclic) bond motifs is 6. The van der Waals surface area contributed by atoms with E-state index in [0.717, 1.165) is 80.6 Å². The maximum Gasteiger partial charge on any atom is 0.165 e. The second-order valence-electron chi connectivity index (χ2n) is 13.8. The van der Waals surface area contributed by atoms with Crippen LogP contribution in [-0.4, -0.2) is 24.9 Å². The molecule has 4 heterocycles. The lowest BCUT2D eigenvalue weighted by molar-refractivity contribution is 1.07. The van der Waals surface area contributed by atoms with Gasteiger partial charge in [-0.25, -0.2) is 24.9 Å². The van der Waals surface area contributed by atoms with Crippen molar-refractivity contribution in [2.24, 2.45) is 0 Å². The van der Waals surface area contributed by atoms with E-state index in [9.17, 15) is 0 Å². The molecule has 7 aromatic carbocycles. The van der Waals surface area contributed by atoms with Gasteiger partial charge in [-0.3, -0.25) is 0 Å². The molecule has 0 unspecified atom stereocenters. The Bertz CT molecular complexity index is 3310. The highest BCUT2D eigenvalue weighted by atomic mass is 32.1. The fraction of sp³-hybridized carbons (Fsp3) is 0. The van der Waals surface area contributed by atoms with E-state index >= 15 is 0 Å². The number of thiol groups is 1. The third kappa shape index (κ3) is 5.88. The Balaban J connectivity index is 1.12. The highest BCUT2D eigenvalue weighted by molar-refractivity contribution is 7.80. The second kappa shape index (κ2) is 13.9. The molecule has 0 radical (unpaired) electrons. The van der Waals surface area contributed by atoms with Crippen molar-refractivity contribution in [1.82, 2.24) is 24.9 Å². The van der Waals surface area contributed by atoms with E-state index in [2.05, 4.69) is 103 Å². The van der Waals surface area contributed by atoms with Crippen molar-refractivity contribution in [3.8, 4) is 67.9 Å². The van der Waals surface area contributed by atoms with Crippen LogP contribution in [-0.2, 0) is 0 Å². The quantitative estimate of drug-likeness (QED) is 0.170. The molecule has 8 heteroatoms. The summed E-state index contributed by atoms with van der Waals surface area (Å²) in [5.41, 5.74) is 8.72. The highest BCUT2D eigenvalue weighted by Gasteiger charge is 2.21. The van der Waals surface area contributed by atoms with Crippen LogP contribution in [0, 0.1) is 0 Å². The lowest BCUT2D eigenvalue weighted by atomic mass is 10.0. The van der Waals surface area contributed by atoms with Crippen LogP contribution in [0.1, 0.15) is 0 Å². The molecule has 4 aromatic heterocycles. The Labute approximate surface area is 341 Å². The minimum atomic E-state index is 0.565. The second-order valence-corrected chi connectivity index (χ2v) is 16.4. The van der Waals surface area contributed by atoms with Gasteiger partial charge < -0.3 is 0 Å². The summed E-state index contributed by atoms with van der Waals surface area (Å²) in [5.74, 6) is 2.46. The molecule has 5 nitrogen and oxygen atoms in total. The molecule has 0 saturated carbocycles. The Kier molecular flexibility index (Phi) is 8.20. The van der Waals surface area contributed by atoms with Crippen LogP contribution in [0.3, 0.4) is 0 Å². The van der Waals surface area contributed by atoms with Gasteiger partial charge in [0.1, 0.15) is 0 Å². The van der Waals surface area contributed by atoms with Crippen molar-refractivity contribution in [3.05, 3.63) is 170 Å². The van der Waals surface area contributed by atoms with Crippen LogP contribution in [0.5, 0.6) is 0 Å². The van der Waals surface area contributed by atoms with E-state index < -0.39 is 0 Å². The summed E-state index contributed by atoms with van der Waals surface area (Å²) < 4.78 is 4.62. The number of hydrogen-bond acceptors (Lipinski definition) is 8. The number of thiophene rings is 2. The molecule has 11 aromatic rings. The normalized spacial score (nSPS) is 11.6. The fourth-order valence-electron chi connectivity index (χ4n) is 7.57. The zero-order valence-electron chi connectivity index (χ0n) is 30.2. The van der Waals surface area contributed by atoms with Gasteiger partial charge in [0.05, 0.1) is 15.9 Å². The summed E-state index contributed by atoms with van der Waals surface area (Å²) in [5, 5.41) is 3.36. The molecule has 0 amide bonds. The van der Waals surface area contributed by atoms with Gasteiger partial charge in [-0.15, -0.1) is 35.3 Å². The fourth-order valence-corrected chi connectivity index (χ4v) is 10.2. The van der Waals surface area contributed by atoms with Crippen molar-refractivity contribution >= 4 is 75.8 Å². The average Bonchev–Trinajstić information content (AvgIpc) is 3.85. The Hall–Kier alpha value is -6.58. The summed E-state index contributed by atoms with van der Waals surface area (Å²) >= 11 is 8.58. The molecular formula is C49H29N5S3. The first-order valence-corrected chi connectivity index (χ1v) is 20.6. The van der Waals surface area contributed by atoms with Crippen molar-refractivity contribution in [3.63, 3.8) is 0 Å². The summed E-state index contributed by atoms with van der Waals surface area (Å²) in [4.78, 5) is 26.8. The molecule has 268 valence electrons. The number of benzene rings is 7. The molecular weight excluding hydrogens is 755 g/mol. The lowest BCUT2D eigenvalue weighted by Gasteiger charge is -2.12. The summed E-state index contributed by atoms with van der Waals surface area (Å²) in [6.07, 6.45) is 0. The molecule has 0 aliphatic heterocycles. The van der Waals surface area contributed by atoms with Gasteiger partial charge in [-0.05, 0) is 41.5 Å². The Morgan fingerprint density at radius 1 is 0.368 bits per heavy atom. The van der Waals surface area contributed by atoms with E-state index in [0.29, 0.717) is 23.3 Å². The van der Waals surface area contributed by atoms with Crippen molar-refractivity contribution in [1.29, 1.82) is 0 Å². The van der Waals surface area contributed by atoms with Crippen LogP contribution in [0.25, 0.3) is 108 Å². The van der Waals surface area contributed by atoms with E-state index in [-0.39, 0.29) is 0 Å². The first-order chi connectivity index (χ1) is 28.2.